The number of amides is 1. The maximum Gasteiger partial charge on any atom is 0.407 e. The Morgan fingerprint density at radius 3 is 2.44 bits per heavy atom. The molecule has 1 N–H and O–H groups in total. The Hall–Kier alpha value is -0.440. The Balaban J connectivity index is 1.74. The van der Waals surface area contributed by atoms with Gasteiger partial charge in [0.25, 0.3) is 0 Å². The van der Waals surface area contributed by atoms with Gasteiger partial charge >= 0.3 is 6.09 Å². The van der Waals surface area contributed by atoms with Gasteiger partial charge in [-0.05, 0) is 45.4 Å². The van der Waals surface area contributed by atoms with E-state index in [1.165, 1.54) is 19.3 Å². The molecule has 2 fully saturated rings. The van der Waals surface area contributed by atoms with E-state index in [1.54, 1.807) is 0 Å². The topological polar surface area (TPSA) is 38.3 Å². The molecule has 3 nitrogen and oxygen atoms in total. The molecule has 0 heterocycles. The van der Waals surface area contributed by atoms with Crippen LogP contribution in [-0.4, -0.2) is 23.1 Å². The number of hydrogen-bond donors (Lipinski definition) is 1. The van der Waals surface area contributed by atoms with Crippen LogP contribution >= 0.6 is 11.6 Å². The average Bonchev–Trinajstić information content (AvgIpc) is 2.67. The van der Waals surface area contributed by atoms with Crippen molar-refractivity contribution in [2.75, 3.05) is 6.54 Å². The summed E-state index contributed by atoms with van der Waals surface area (Å²) in [6.07, 6.45) is 4.38. The Kier molecular flexibility index (Phi) is 2.65. The molecule has 1 unspecified atom stereocenters. The Labute approximate surface area is 102 Å². The molecule has 2 rings (SSSR count). The fraction of sp³-hybridized carbons (Fsp3) is 0.917. The van der Waals surface area contributed by atoms with Gasteiger partial charge in [-0.15, -0.1) is 11.6 Å². The first-order chi connectivity index (χ1) is 7.27. The molecule has 0 aromatic carbocycles. The van der Waals surface area contributed by atoms with Crippen LogP contribution in [0.4, 0.5) is 4.79 Å². The number of rotatable bonds is 2. The van der Waals surface area contributed by atoms with Crippen LogP contribution in [0, 0.1) is 5.41 Å². The summed E-state index contributed by atoms with van der Waals surface area (Å²) in [6, 6.07) is 0. The van der Waals surface area contributed by atoms with Crippen LogP contribution in [0.2, 0.25) is 0 Å². The van der Waals surface area contributed by atoms with Crippen LogP contribution in [0.15, 0.2) is 0 Å². The van der Waals surface area contributed by atoms with Crippen molar-refractivity contribution in [3.8, 4) is 0 Å². The van der Waals surface area contributed by atoms with E-state index >= 15 is 0 Å². The molecular formula is C12H20ClNO2. The number of hydrogen-bond acceptors (Lipinski definition) is 2. The van der Waals surface area contributed by atoms with Gasteiger partial charge in [-0.3, -0.25) is 0 Å². The van der Waals surface area contributed by atoms with Gasteiger partial charge in [0.15, 0.2) is 0 Å². The fourth-order valence-electron chi connectivity index (χ4n) is 2.50. The second-order valence-electron chi connectivity index (χ2n) is 6.13. The highest BCUT2D eigenvalue weighted by atomic mass is 35.5. The van der Waals surface area contributed by atoms with E-state index in [-0.39, 0.29) is 11.0 Å². The second-order valence-corrected chi connectivity index (χ2v) is 6.85. The van der Waals surface area contributed by atoms with Crippen molar-refractivity contribution in [3.05, 3.63) is 0 Å². The van der Waals surface area contributed by atoms with E-state index in [2.05, 4.69) is 5.32 Å². The summed E-state index contributed by atoms with van der Waals surface area (Å²) >= 11 is 6.45. The molecule has 16 heavy (non-hydrogen) atoms. The highest BCUT2D eigenvalue weighted by Gasteiger charge is 2.68. The van der Waals surface area contributed by atoms with Crippen LogP contribution in [0.25, 0.3) is 0 Å². The van der Waals surface area contributed by atoms with E-state index < -0.39 is 5.60 Å². The first kappa shape index (κ1) is 12.0. The molecule has 1 spiro atoms. The quantitative estimate of drug-likeness (QED) is 0.760. The lowest BCUT2D eigenvalue weighted by Crippen LogP contribution is -2.39. The van der Waals surface area contributed by atoms with Crippen LogP contribution in [0.1, 0.15) is 46.5 Å². The maximum absolute atomic E-state index is 11.5. The van der Waals surface area contributed by atoms with Gasteiger partial charge in [0.1, 0.15) is 5.60 Å². The minimum Gasteiger partial charge on any atom is -0.444 e. The number of nitrogens with one attached hydrogen (secondary N) is 1. The third-order valence-electron chi connectivity index (χ3n) is 3.67. The summed E-state index contributed by atoms with van der Waals surface area (Å²) in [5, 5.41) is 2.77. The van der Waals surface area contributed by atoms with Crippen LogP contribution in [0.3, 0.4) is 0 Å². The van der Waals surface area contributed by atoms with Crippen molar-refractivity contribution in [2.24, 2.45) is 5.41 Å². The van der Waals surface area contributed by atoms with E-state index in [9.17, 15) is 4.79 Å². The summed E-state index contributed by atoms with van der Waals surface area (Å²) in [7, 11) is 0. The summed E-state index contributed by atoms with van der Waals surface area (Å²) in [5.74, 6) is 0. The van der Waals surface area contributed by atoms with Crippen LogP contribution < -0.4 is 5.32 Å². The lowest BCUT2D eigenvalue weighted by atomic mass is 9.79. The van der Waals surface area contributed by atoms with Gasteiger partial charge < -0.3 is 10.1 Å². The smallest absolute Gasteiger partial charge is 0.407 e. The number of carbonyl (C=O) groups is 1. The molecule has 2 aliphatic rings. The molecule has 2 saturated carbocycles. The molecule has 1 amide bonds. The zero-order valence-corrected chi connectivity index (χ0v) is 11.0. The lowest BCUT2D eigenvalue weighted by Gasteiger charge is -2.30. The third kappa shape index (κ3) is 2.15. The SMILES string of the molecule is CC(C)(C)OC(=O)NCC1(Cl)CC12CCC2. The fourth-order valence-corrected chi connectivity index (χ4v) is 3.01. The monoisotopic (exact) mass is 245 g/mol. The van der Waals surface area contributed by atoms with Crippen LogP contribution in [-0.2, 0) is 4.74 Å². The van der Waals surface area contributed by atoms with Gasteiger partial charge in [-0.25, -0.2) is 4.79 Å². The summed E-state index contributed by atoms with van der Waals surface area (Å²) < 4.78 is 5.17. The van der Waals surface area contributed by atoms with Gasteiger partial charge in [0.05, 0.1) is 4.87 Å². The highest BCUT2D eigenvalue weighted by molar-refractivity contribution is 6.27. The molecule has 0 aromatic rings. The molecule has 92 valence electrons. The Morgan fingerprint density at radius 1 is 1.44 bits per heavy atom. The second kappa shape index (κ2) is 3.52. The van der Waals surface area contributed by atoms with Crippen molar-refractivity contribution in [1.29, 1.82) is 0 Å². The van der Waals surface area contributed by atoms with E-state index in [0.29, 0.717) is 12.0 Å². The van der Waals surface area contributed by atoms with Crippen molar-refractivity contribution in [1.82, 2.24) is 5.32 Å². The van der Waals surface area contributed by atoms with Gasteiger partial charge in [0.2, 0.25) is 0 Å². The number of alkyl carbamates (subject to hydrolysis) is 1. The zero-order valence-electron chi connectivity index (χ0n) is 10.2. The maximum atomic E-state index is 11.5. The molecular weight excluding hydrogens is 226 g/mol. The standard InChI is InChI=1S/C12H20ClNO2/c1-10(2,3)16-9(15)14-8-12(13)7-11(12)5-4-6-11/h4-8H2,1-3H3,(H,14,15). The van der Waals surface area contributed by atoms with Gasteiger partial charge in [-0.2, -0.15) is 0 Å². The molecule has 1 atom stereocenters. The van der Waals surface area contributed by atoms with Crippen molar-refractivity contribution >= 4 is 17.7 Å². The summed E-state index contributed by atoms with van der Waals surface area (Å²) in [6.45, 7) is 6.10. The average molecular weight is 246 g/mol. The normalized spacial score (nSPS) is 30.8. The predicted molar refractivity (Wildman–Crippen MR) is 63.7 cm³/mol. The van der Waals surface area contributed by atoms with E-state index in [0.717, 1.165) is 6.42 Å². The lowest BCUT2D eigenvalue weighted by molar-refractivity contribution is 0.0523. The van der Waals surface area contributed by atoms with Crippen LogP contribution in [0.5, 0.6) is 0 Å². The third-order valence-corrected chi connectivity index (χ3v) is 4.33. The first-order valence-corrected chi connectivity index (χ1v) is 6.30. The first-order valence-electron chi connectivity index (χ1n) is 5.92. The van der Waals surface area contributed by atoms with E-state index in [4.69, 9.17) is 16.3 Å². The highest BCUT2D eigenvalue weighted by Crippen LogP contribution is 2.71. The molecule has 0 radical (unpaired) electrons. The molecule has 4 heteroatoms. The largest absolute Gasteiger partial charge is 0.444 e. The molecule has 0 bridgehead atoms. The minimum atomic E-state index is -0.443. The van der Waals surface area contributed by atoms with Gasteiger partial charge in [-0.1, -0.05) is 6.42 Å². The Morgan fingerprint density at radius 2 is 2.06 bits per heavy atom. The molecule has 0 aliphatic heterocycles. The molecule has 0 saturated heterocycles. The van der Waals surface area contributed by atoms with Crippen molar-refractivity contribution in [3.63, 3.8) is 0 Å². The van der Waals surface area contributed by atoms with Gasteiger partial charge in [0, 0.05) is 6.54 Å². The number of carbonyl (C=O) groups excluding carboxylic acids is 1. The Bertz CT molecular complexity index is 307. The molecule has 0 aromatic heterocycles. The number of halogens is 1. The summed E-state index contributed by atoms with van der Waals surface area (Å²) in [5.41, 5.74) is -0.106. The summed E-state index contributed by atoms with van der Waals surface area (Å²) in [4.78, 5) is 11.3. The number of alkyl halides is 1. The van der Waals surface area contributed by atoms with Crippen molar-refractivity contribution in [2.45, 2.75) is 56.9 Å². The molecule has 2 aliphatic carbocycles. The zero-order chi connectivity index (χ0) is 12.0. The minimum absolute atomic E-state index is 0.192. The van der Waals surface area contributed by atoms with Crippen molar-refractivity contribution < 1.29 is 9.53 Å². The predicted octanol–water partition coefficient (Wildman–Crippen LogP) is 3.06. The number of ether oxygens (including phenoxy) is 1. The van der Waals surface area contributed by atoms with E-state index in [1.807, 2.05) is 20.8 Å².